The first-order valence-electron chi connectivity index (χ1n) is 9.60. The molecule has 2 fully saturated rings. The molecule has 150 valence electrons. The molecule has 1 aliphatic heterocycles. The molecule has 28 heavy (non-hydrogen) atoms. The Morgan fingerprint density at radius 1 is 1.11 bits per heavy atom. The quantitative estimate of drug-likeness (QED) is 0.748. The van der Waals surface area contributed by atoms with Crippen LogP contribution in [0.3, 0.4) is 0 Å². The third-order valence-corrected chi connectivity index (χ3v) is 6.43. The number of hydrogen-bond acceptors (Lipinski definition) is 3. The number of cyclic esters (lactones) is 1. The zero-order valence-electron chi connectivity index (χ0n) is 15.7. The zero-order valence-corrected chi connectivity index (χ0v) is 17.3. The normalized spacial score (nSPS) is 27.2. The number of benzene rings is 2. The molecule has 2 N–H and O–H groups in total. The molecule has 0 aromatic heterocycles. The Hall–Kier alpha value is -1.75. The Balaban J connectivity index is 0.00000225. The molecular weight excluding hydrogens is 395 g/mol. The summed E-state index contributed by atoms with van der Waals surface area (Å²) in [5.74, 6) is 0. The van der Waals surface area contributed by atoms with Crippen LogP contribution in [0.1, 0.15) is 42.9 Å². The highest BCUT2D eigenvalue weighted by Gasteiger charge is 2.42. The maximum atomic E-state index is 12.5. The maximum absolute atomic E-state index is 12.5. The lowest BCUT2D eigenvalue weighted by atomic mass is 9.68. The van der Waals surface area contributed by atoms with Crippen LogP contribution in [0.5, 0.6) is 0 Å². The van der Waals surface area contributed by atoms with Gasteiger partial charge in [-0.2, -0.15) is 0 Å². The lowest BCUT2D eigenvalue weighted by Crippen LogP contribution is -2.45. The number of carbonyl (C=O) groups excluding carboxylic acids is 1. The first kappa shape index (κ1) is 21.0. The third-order valence-electron chi connectivity index (χ3n) is 6.19. The molecule has 0 radical (unpaired) electrons. The second-order valence-electron chi connectivity index (χ2n) is 7.66. The number of rotatable bonds is 4. The Morgan fingerprint density at radius 3 is 2.46 bits per heavy atom. The summed E-state index contributed by atoms with van der Waals surface area (Å²) in [6.45, 7) is 1.22. The van der Waals surface area contributed by atoms with E-state index in [1.54, 1.807) is 0 Å². The van der Waals surface area contributed by atoms with Crippen molar-refractivity contribution in [2.45, 2.75) is 43.2 Å². The smallest absolute Gasteiger partial charge is 0.410 e. The molecule has 1 saturated heterocycles. The Morgan fingerprint density at radius 2 is 1.82 bits per heavy atom. The van der Waals surface area contributed by atoms with Crippen LogP contribution in [-0.2, 0) is 10.2 Å². The zero-order chi connectivity index (χ0) is 18.9. The first-order valence-corrected chi connectivity index (χ1v) is 9.97. The molecule has 2 aliphatic rings. The number of ether oxygens (including phenoxy) is 1. The highest BCUT2D eigenvalue weighted by atomic mass is 35.5. The molecule has 2 aromatic carbocycles. The van der Waals surface area contributed by atoms with Crippen molar-refractivity contribution in [1.82, 2.24) is 4.90 Å². The van der Waals surface area contributed by atoms with E-state index in [0.717, 1.165) is 36.3 Å². The van der Waals surface area contributed by atoms with Gasteiger partial charge < -0.3 is 15.4 Å². The van der Waals surface area contributed by atoms with Gasteiger partial charge in [-0.3, -0.25) is 0 Å². The van der Waals surface area contributed by atoms with Crippen LogP contribution in [0.2, 0.25) is 5.02 Å². The molecule has 1 heterocycles. The van der Waals surface area contributed by atoms with E-state index in [1.807, 2.05) is 53.4 Å². The van der Waals surface area contributed by atoms with E-state index in [9.17, 15) is 4.79 Å². The van der Waals surface area contributed by atoms with Gasteiger partial charge in [-0.15, -0.1) is 12.4 Å². The number of halogens is 2. The summed E-state index contributed by atoms with van der Waals surface area (Å²) in [6, 6.07) is 18.2. The number of nitrogens with two attached hydrogens (primary N) is 1. The minimum Gasteiger partial charge on any atom is -0.439 e. The van der Waals surface area contributed by atoms with Gasteiger partial charge in [0.25, 0.3) is 0 Å². The minimum atomic E-state index is -0.197. The van der Waals surface area contributed by atoms with Crippen LogP contribution in [0.25, 0.3) is 0 Å². The largest absolute Gasteiger partial charge is 0.439 e. The molecule has 2 aromatic rings. The van der Waals surface area contributed by atoms with Gasteiger partial charge >= 0.3 is 6.09 Å². The van der Waals surface area contributed by atoms with Gasteiger partial charge in [0.2, 0.25) is 0 Å². The Kier molecular flexibility index (Phi) is 6.54. The third kappa shape index (κ3) is 4.00. The summed E-state index contributed by atoms with van der Waals surface area (Å²) in [7, 11) is 0. The first-order chi connectivity index (χ1) is 13.1. The molecule has 1 atom stereocenters. The van der Waals surface area contributed by atoms with Gasteiger partial charge in [0.1, 0.15) is 6.10 Å². The molecule has 6 heteroatoms. The number of hydrogen-bond donors (Lipinski definition) is 1. The van der Waals surface area contributed by atoms with Crippen molar-refractivity contribution in [3.8, 4) is 0 Å². The molecule has 1 amide bonds. The van der Waals surface area contributed by atoms with Crippen molar-refractivity contribution in [1.29, 1.82) is 0 Å². The highest BCUT2D eigenvalue weighted by Crippen LogP contribution is 2.42. The van der Waals surface area contributed by atoms with Crippen molar-refractivity contribution in [3.63, 3.8) is 0 Å². The minimum absolute atomic E-state index is 0. The van der Waals surface area contributed by atoms with E-state index in [0.29, 0.717) is 13.1 Å². The van der Waals surface area contributed by atoms with Gasteiger partial charge in [-0.25, -0.2) is 4.79 Å². The molecule has 1 aliphatic carbocycles. The Labute approximate surface area is 177 Å². The molecule has 1 saturated carbocycles. The SMILES string of the molecule is Cl.NC[C@]1(c2cccc(Cl)c2)CC[C@H](N2C[C@@H](c3ccccc3)OC2=O)CC1. The van der Waals surface area contributed by atoms with E-state index < -0.39 is 0 Å². The average molecular weight is 421 g/mol. The van der Waals surface area contributed by atoms with Gasteiger partial charge in [-0.1, -0.05) is 54.1 Å². The van der Waals surface area contributed by atoms with Gasteiger partial charge in [0, 0.05) is 23.0 Å². The molecule has 0 bridgehead atoms. The van der Waals surface area contributed by atoms with Crippen LogP contribution < -0.4 is 5.73 Å². The summed E-state index contributed by atoms with van der Waals surface area (Å²) in [4.78, 5) is 14.4. The van der Waals surface area contributed by atoms with E-state index >= 15 is 0 Å². The average Bonchev–Trinajstić information content (AvgIpc) is 3.10. The van der Waals surface area contributed by atoms with Crippen molar-refractivity contribution in [3.05, 3.63) is 70.7 Å². The van der Waals surface area contributed by atoms with Crippen molar-refractivity contribution < 1.29 is 9.53 Å². The predicted octanol–water partition coefficient (Wildman–Crippen LogP) is 5.09. The summed E-state index contributed by atoms with van der Waals surface area (Å²) < 4.78 is 5.64. The fourth-order valence-electron chi connectivity index (χ4n) is 4.51. The van der Waals surface area contributed by atoms with Crippen LogP contribution in [0.4, 0.5) is 4.79 Å². The lowest BCUT2D eigenvalue weighted by molar-refractivity contribution is 0.117. The van der Waals surface area contributed by atoms with E-state index in [4.69, 9.17) is 22.1 Å². The molecule has 4 rings (SSSR count). The maximum Gasteiger partial charge on any atom is 0.410 e. The number of carbonyl (C=O) groups is 1. The fourth-order valence-corrected chi connectivity index (χ4v) is 4.71. The van der Waals surface area contributed by atoms with Crippen molar-refractivity contribution >= 4 is 30.1 Å². The fraction of sp³-hybridized carbons (Fsp3) is 0.409. The van der Waals surface area contributed by atoms with Gasteiger partial charge in [0.05, 0.1) is 6.54 Å². The second-order valence-corrected chi connectivity index (χ2v) is 8.10. The van der Waals surface area contributed by atoms with E-state index in [2.05, 4.69) is 6.07 Å². The van der Waals surface area contributed by atoms with Crippen LogP contribution >= 0.6 is 24.0 Å². The van der Waals surface area contributed by atoms with Crippen LogP contribution in [-0.4, -0.2) is 30.1 Å². The molecule has 0 spiro atoms. The summed E-state index contributed by atoms with van der Waals surface area (Å²) in [6.07, 6.45) is 3.40. The topological polar surface area (TPSA) is 55.6 Å². The molecule has 4 nitrogen and oxygen atoms in total. The van der Waals surface area contributed by atoms with E-state index in [1.165, 1.54) is 5.56 Å². The summed E-state index contributed by atoms with van der Waals surface area (Å²) >= 11 is 6.20. The van der Waals surface area contributed by atoms with Crippen LogP contribution in [0, 0.1) is 0 Å². The second kappa shape index (κ2) is 8.73. The monoisotopic (exact) mass is 420 g/mol. The lowest BCUT2D eigenvalue weighted by Gasteiger charge is -2.42. The van der Waals surface area contributed by atoms with Gasteiger partial charge in [0.15, 0.2) is 0 Å². The number of amides is 1. The Bertz CT molecular complexity index is 807. The summed E-state index contributed by atoms with van der Waals surface area (Å²) in [5, 5.41) is 0.747. The van der Waals surface area contributed by atoms with Crippen molar-refractivity contribution in [2.24, 2.45) is 5.73 Å². The predicted molar refractivity (Wildman–Crippen MR) is 114 cm³/mol. The number of nitrogens with zero attached hydrogens (tertiary/aromatic N) is 1. The van der Waals surface area contributed by atoms with E-state index in [-0.39, 0.29) is 36.1 Å². The summed E-state index contributed by atoms with van der Waals surface area (Å²) in [5.41, 5.74) is 8.41. The van der Waals surface area contributed by atoms with Crippen LogP contribution in [0.15, 0.2) is 54.6 Å². The van der Waals surface area contributed by atoms with Crippen molar-refractivity contribution in [2.75, 3.05) is 13.1 Å². The van der Waals surface area contributed by atoms with Gasteiger partial charge in [-0.05, 0) is 48.9 Å². The molecular formula is C22H26Cl2N2O2. The highest BCUT2D eigenvalue weighted by molar-refractivity contribution is 6.30. The molecule has 0 unspecified atom stereocenters. The standard InChI is InChI=1S/C22H25ClN2O2.ClH/c23-18-8-4-7-17(13-18)22(15-24)11-9-19(10-12-22)25-14-20(27-21(25)26)16-5-2-1-3-6-16;/h1-8,13,19-20H,9-12,14-15,24H2;1H/t19-,20-,22-;/m0./s1.